The molecule has 0 bridgehead atoms. The molecule has 0 saturated carbocycles. The van der Waals surface area contributed by atoms with Crippen LogP contribution < -0.4 is 10.7 Å². The number of nitrogens with zero attached hydrogens (tertiary/aromatic N) is 1. The Labute approximate surface area is 178 Å². The van der Waals surface area contributed by atoms with Gasteiger partial charge in [0.1, 0.15) is 11.3 Å². The number of pyridine rings is 1. The van der Waals surface area contributed by atoms with Gasteiger partial charge in [0.15, 0.2) is 5.13 Å². The lowest BCUT2D eigenvalue weighted by Crippen LogP contribution is -2.30. The second-order valence-electron chi connectivity index (χ2n) is 6.48. The Balaban J connectivity index is 2.03. The van der Waals surface area contributed by atoms with E-state index in [0.717, 1.165) is 11.3 Å². The van der Waals surface area contributed by atoms with E-state index in [9.17, 15) is 22.8 Å². The highest BCUT2D eigenvalue weighted by atomic mass is 32.1. The molecule has 0 unspecified atom stereocenters. The highest BCUT2D eigenvalue weighted by Crippen LogP contribution is 2.35. The number of aromatic nitrogens is 2. The van der Waals surface area contributed by atoms with E-state index in [4.69, 9.17) is 0 Å². The van der Waals surface area contributed by atoms with Crippen molar-refractivity contribution in [3.63, 3.8) is 0 Å². The lowest BCUT2D eigenvalue weighted by Gasteiger charge is -2.18. The number of hydrogen-bond donors (Lipinski definition) is 2. The molecule has 2 N–H and O–H groups in total. The molecule has 9 heteroatoms. The van der Waals surface area contributed by atoms with Gasteiger partial charge < -0.3 is 4.98 Å². The van der Waals surface area contributed by atoms with Crippen molar-refractivity contribution in [1.29, 1.82) is 0 Å². The fourth-order valence-corrected chi connectivity index (χ4v) is 3.70. The van der Waals surface area contributed by atoms with Crippen LogP contribution in [0.5, 0.6) is 0 Å². The monoisotopic (exact) mass is 441 g/mol. The van der Waals surface area contributed by atoms with Crippen molar-refractivity contribution in [3.05, 3.63) is 93.7 Å². The predicted molar refractivity (Wildman–Crippen MR) is 113 cm³/mol. The molecule has 0 atom stereocenters. The molecule has 5 nitrogen and oxygen atoms in total. The third-order valence-electron chi connectivity index (χ3n) is 4.49. The number of benzene rings is 2. The molecule has 0 spiro atoms. The number of carbonyl (C=O) groups is 1. The van der Waals surface area contributed by atoms with Crippen LogP contribution in [-0.4, -0.2) is 15.9 Å². The number of aromatic amines is 1. The minimum atomic E-state index is -4.96. The normalized spacial score (nSPS) is 11.3. The summed E-state index contributed by atoms with van der Waals surface area (Å²) >= 11 is 1.03. The Hall–Kier alpha value is -3.72. The average molecular weight is 441 g/mol. The molecule has 0 fully saturated rings. The first kappa shape index (κ1) is 20.5. The molecule has 0 saturated heterocycles. The van der Waals surface area contributed by atoms with Crippen LogP contribution in [-0.2, 0) is 6.18 Å². The van der Waals surface area contributed by atoms with Crippen LogP contribution in [0.4, 0.5) is 18.3 Å². The van der Waals surface area contributed by atoms with E-state index in [-0.39, 0.29) is 16.4 Å². The van der Waals surface area contributed by atoms with Gasteiger partial charge in [-0.2, -0.15) is 13.2 Å². The molecule has 0 radical (unpaired) electrons. The first-order valence-electron chi connectivity index (χ1n) is 9.05. The summed E-state index contributed by atoms with van der Waals surface area (Å²) in [4.78, 5) is 32.3. The maximum atomic E-state index is 13.9. The quantitative estimate of drug-likeness (QED) is 0.443. The number of thiazole rings is 1. The van der Waals surface area contributed by atoms with Gasteiger partial charge in [0, 0.05) is 11.6 Å². The fourth-order valence-electron chi connectivity index (χ4n) is 3.18. The third-order valence-corrected chi connectivity index (χ3v) is 5.18. The summed E-state index contributed by atoms with van der Waals surface area (Å²) in [6.45, 7) is 0. The largest absolute Gasteiger partial charge is 0.432 e. The van der Waals surface area contributed by atoms with E-state index in [1.807, 2.05) is 0 Å². The zero-order valence-electron chi connectivity index (χ0n) is 15.7. The van der Waals surface area contributed by atoms with Gasteiger partial charge >= 0.3 is 6.18 Å². The van der Waals surface area contributed by atoms with Crippen molar-refractivity contribution in [1.82, 2.24) is 9.97 Å². The molecule has 156 valence electrons. The van der Waals surface area contributed by atoms with Gasteiger partial charge in [0.05, 0.1) is 11.3 Å². The molecule has 4 rings (SSSR count). The molecule has 0 aliphatic carbocycles. The molecule has 31 heavy (non-hydrogen) atoms. The summed E-state index contributed by atoms with van der Waals surface area (Å²) in [7, 11) is 0. The lowest BCUT2D eigenvalue weighted by atomic mass is 9.95. The van der Waals surface area contributed by atoms with Crippen molar-refractivity contribution in [2.75, 3.05) is 5.32 Å². The minimum absolute atomic E-state index is 0.0186. The highest BCUT2D eigenvalue weighted by molar-refractivity contribution is 7.13. The Morgan fingerprint density at radius 1 is 0.968 bits per heavy atom. The SMILES string of the molecule is O=C(Nc1nccs1)c1c(C(F)(F)F)[nH]c(-c2ccccc2)c(-c2ccccc2)c1=O. The summed E-state index contributed by atoms with van der Waals surface area (Å²) in [6, 6.07) is 16.5. The molecule has 2 aromatic heterocycles. The zero-order chi connectivity index (χ0) is 22.0. The predicted octanol–water partition coefficient (Wildman–Crippen LogP) is 5.44. The van der Waals surface area contributed by atoms with Crippen molar-refractivity contribution in [2.45, 2.75) is 6.18 Å². The summed E-state index contributed by atoms with van der Waals surface area (Å²) in [5.74, 6) is -1.18. The minimum Gasteiger partial charge on any atom is -0.350 e. The maximum absolute atomic E-state index is 13.9. The summed E-state index contributed by atoms with van der Waals surface area (Å²) in [5, 5.41) is 3.92. The van der Waals surface area contributed by atoms with Crippen LogP contribution >= 0.6 is 11.3 Å². The van der Waals surface area contributed by atoms with Gasteiger partial charge in [0.2, 0.25) is 5.43 Å². The topological polar surface area (TPSA) is 74.8 Å². The number of H-pyrrole nitrogens is 1. The van der Waals surface area contributed by atoms with Crippen LogP contribution in [0.2, 0.25) is 0 Å². The Bertz CT molecular complexity index is 1270. The highest BCUT2D eigenvalue weighted by Gasteiger charge is 2.40. The van der Waals surface area contributed by atoms with Gasteiger partial charge in [-0.25, -0.2) is 4.98 Å². The number of hydrogen-bond acceptors (Lipinski definition) is 4. The van der Waals surface area contributed by atoms with E-state index >= 15 is 0 Å². The first-order valence-corrected chi connectivity index (χ1v) is 9.93. The van der Waals surface area contributed by atoms with E-state index in [1.165, 1.54) is 6.20 Å². The van der Waals surface area contributed by atoms with Crippen molar-refractivity contribution >= 4 is 22.4 Å². The van der Waals surface area contributed by atoms with E-state index in [0.29, 0.717) is 11.1 Å². The van der Waals surface area contributed by atoms with Gasteiger partial charge in [0.25, 0.3) is 5.91 Å². The van der Waals surface area contributed by atoms with Crippen LogP contribution in [0.25, 0.3) is 22.4 Å². The molecule has 0 aliphatic heterocycles. The standard InChI is InChI=1S/C22H14F3N3O2S/c23-22(24,25)19-16(20(30)28-21-26-11-12-31-21)18(29)15(13-7-3-1-4-8-13)17(27-19)14-9-5-2-6-10-14/h1-12H,(H,27,29)(H,26,28,30). The van der Waals surface area contributed by atoms with Gasteiger partial charge in [-0.15, -0.1) is 11.3 Å². The van der Waals surface area contributed by atoms with Crippen molar-refractivity contribution in [3.8, 4) is 22.4 Å². The summed E-state index contributed by atoms with van der Waals surface area (Å²) < 4.78 is 41.8. The number of alkyl halides is 3. The molecule has 0 aliphatic rings. The van der Waals surface area contributed by atoms with Gasteiger partial charge in [-0.3, -0.25) is 14.9 Å². The van der Waals surface area contributed by atoms with Crippen molar-refractivity contribution in [2.24, 2.45) is 0 Å². The molecular weight excluding hydrogens is 427 g/mol. The average Bonchev–Trinajstić information content (AvgIpc) is 3.26. The molecular formula is C22H14F3N3O2S. The van der Waals surface area contributed by atoms with E-state index in [1.54, 1.807) is 66.0 Å². The van der Waals surface area contributed by atoms with Crippen LogP contribution in [0, 0.1) is 0 Å². The fraction of sp³-hybridized carbons (Fsp3) is 0.0455. The Morgan fingerprint density at radius 3 is 2.13 bits per heavy atom. The smallest absolute Gasteiger partial charge is 0.350 e. The lowest BCUT2D eigenvalue weighted by molar-refractivity contribution is -0.141. The van der Waals surface area contributed by atoms with Gasteiger partial charge in [-0.1, -0.05) is 60.7 Å². The van der Waals surface area contributed by atoms with E-state index in [2.05, 4.69) is 15.3 Å². The van der Waals surface area contributed by atoms with Crippen LogP contribution in [0.3, 0.4) is 0 Å². The second kappa shape index (κ2) is 8.19. The Morgan fingerprint density at radius 2 is 1.58 bits per heavy atom. The zero-order valence-corrected chi connectivity index (χ0v) is 16.6. The first-order chi connectivity index (χ1) is 14.9. The number of amides is 1. The molecule has 2 heterocycles. The Kier molecular flexibility index (Phi) is 5.43. The third kappa shape index (κ3) is 4.13. The summed E-state index contributed by atoms with van der Waals surface area (Å²) in [6.07, 6.45) is -3.57. The molecule has 4 aromatic rings. The number of rotatable bonds is 4. The van der Waals surface area contributed by atoms with Gasteiger partial charge in [-0.05, 0) is 11.1 Å². The van der Waals surface area contributed by atoms with Crippen LogP contribution in [0.15, 0.2) is 77.0 Å². The van der Waals surface area contributed by atoms with E-state index < -0.39 is 28.8 Å². The van der Waals surface area contributed by atoms with Crippen LogP contribution in [0.1, 0.15) is 16.1 Å². The number of anilines is 1. The molecule has 2 aromatic carbocycles. The second-order valence-corrected chi connectivity index (χ2v) is 7.37. The number of nitrogens with one attached hydrogen (secondary N) is 2. The maximum Gasteiger partial charge on any atom is 0.432 e. The van der Waals surface area contributed by atoms with Crippen molar-refractivity contribution < 1.29 is 18.0 Å². The number of carbonyl (C=O) groups excluding carboxylic acids is 1. The molecule has 1 amide bonds. The summed E-state index contributed by atoms with van der Waals surface area (Å²) in [5.41, 5.74) is -2.72. The number of halogens is 3.